The standard InChI is InChI=1S/C33H31N3O13/c37-11-1-9-35-26(31(42)43)32(44)46-16-25-28(40)29(41)30(49-36-13-18-8-10-34-23(18)14-36)33(48-25)47-20-6-7-21-24(12-20)45-15-22(27(21)39)17-2-4-19(38)5-3-17/h2-8,10-12,14-15,25-26,28-30,33,35,38,40-41H,1,9,13,16H2,(H,42,43)/t25-,26-,28-,29+,30-,33-/m0/s1. The fourth-order valence-corrected chi connectivity index (χ4v) is 5.41. The van der Waals surface area contributed by atoms with Crippen LogP contribution in [0.3, 0.4) is 0 Å². The minimum absolute atomic E-state index is 0.0385. The predicted octanol–water partition coefficient (Wildman–Crippen LogP) is 0.634. The molecule has 3 aliphatic rings. The number of allylic oxidation sites excluding steroid dienone is 1. The van der Waals surface area contributed by atoms with Crippen LogP contribution in [-0.4, -0.2) is 106 Å². The number of carbonyl (C=O) groups excluding carboxylic acids is 2. The third-order valence-electron chi connectivity index (χ3n) is 7.97. The van der Waals surface area contributed by atoms with Gasteiger partial charge in [-0.25, -0.2) is 9.59 Å². The molecule has 49 heavy (non-hydrogen) atoms. The second kappa shape index (κ2) is 14.4. The molecule has 3 aromatic rings. The van der Waals surface area contributed by atoms with Gasteiger partial charge < -0.3 is 43.8 Å². The topological polar surface area (TPSA) is 227 Å². The zero-order valence-electron chi connectivity index (χ0n) is 25.6. The van der Waals surface area contributed by atoms with Crippen LogP contribution in [0.25, 0.3) is 22.1 Å². The van der Waals surface area contributed by atoms with E-state index in [4.69, 9.17) is 23.5 Å². The van der Waals surface area contributed by atoms with Crippen LogP contribution in [-0.2, 0) is 28.7 Å². The number of hydroxylamine groups is 2. The maximum absolute atomic E-state index is 13.3. The summed E-state index contributed by atoms with van der Waals surface area (Å²) in [4.78, 5) is 58.2. The van der Waals surface area contributed by atoms with Crippen molar-refractivity contribution in [3.05, 3.63) is 82.5 Å². The van der Waals surface area contributed by atoms with E-state index in [2.05, 4.69) is 10.3 Å². The molecule has 16 nitrogen and oxygen atoms in total. The molecular weight excluding hydrogens is 646 g/mol. The van der Waals surface area contributed by atoms with Crippen molar-refractivity contribution in [2.75, 3.05) is 19.7 Å². The van der Waals surface area contributed by atoms with E-state index in [-0.39, 0.29) is 53.0 Å². The molecule has 0 radical (unpaired) electrons. The smallest absolute Gasteiger partial charge is 0.334 e. The summed E-state index contributed by atoms with van der Waals surface area (Å²) in [6.07, 6.45) is -0.709. The summed E-state index contributed by atoms with van der Waals surface area (Å²) in [5.74, 6) is -2.58. The van der Waals surface area contributed by atoms with Crippen LogP contribution in [0.15, 0.2) is 86.5 Å². The lowest BCUT2D eigenvalue weighted by atomic mass is 9.99. The molecule has 0 spiro atoms. The highest BCUT2D eigenvalue weighted by Gasteiger charge is 2.49. The molecule has 3 aliphatic heterocycles. The zero-order valence-corrected chi connectivity index (χ0v) is 25.6. The van der Waals surface area contributed by atoms with E-state index in [1.807, 2.05) is 0 Å². The van der Waals surface area contributed by atoms with Crippen molar-refractivity contribution in [3.63, 3.8) is 0 Å². The number of hydrogen-bond donors (Lipinski definition) is 5. The number of aliphatic hydroxyl groups excluding tert-OH is 2. The van der Waals surface area contributed by atoms with Crippen LogP contribution in [0, 0.1) is 0 Å². The van der Waals surface area contributed by atoms with Gasteiger partial charge in [-0.1, -0.05) is 12.1 Å². The SMILES string of the molecule is O=CCCN[C@@H](C(=O)O)C(=O)OC[C@@H]1O[C@H](Oc2ccc3c(=O)c(-c4ccc(O)cc4)coc3c2)[C@@H](ON2C=C3N=CC=C3C2)[C@H](O)[C@H]1O. The number of carboxylic acids is 1. The minimum atomic E-state index is -1.80. The average Bonchev–Trinajstić information content (AvgIpc) is 3.68. The van der Waals surface area contributed by atoms with E-state index in [1.54, 1.807) is 30.6 Å². The third kappa shape index (κ3) is 7.23. The molecule has 4 heterocycles. The number of aromatic hydroxyl groups is 1. The zero-order chi connectivity index (χ0) is 34.7. The number of carbonyl (C=O) groups is 3. The van der Waals surface area contributed by atoms with Crippen molar-refractivity contribution in [2.24, 2.45) is 4.99 Å². The predicted molar refractivity (Wildman–Crippen MR) is 168 cm³/mol. The lowest BCUT2D eigenvalue weighted by molar-refractivity contribution is -0.326. The number of ether oxygens (including phenoxy) is 3. The maximum Gasteiger partial charge on any atom is 0.334 e. The molecule has 0 unspecified atom stereocenters. The van der Waals surface area contributed by atoms with Crippen molar-refractivity contribution >= 4 is 35.4 Å². The third-order valence-corrected chi connectivity index (χ3v) is 7.97. The molecule has 0 aliphatic carbocycles. The summed E-state index contributed by atoms with van der Waals surface area (Å²) < 4.78 is 22.9. The summed E-state index contributed by atoms with van der Waals surface area (Å²) in [6, 6.07) is 8.63. The van der Waals surface area contributed by atoms with Gasteiger partial charge in [-0.05, 0) is 35.9 Å². The minimum Gasteiger partial charge on any atom is -0.508 e. The Kier molecular flexibility index (Phi) is 9.84. The molecule has 0 bridgehead atoms. The Hall–Kier alpha value is -5.39. The molecule has 1 fully saturated rings. The van der Waals surface area contributed by atoms with Gasteiger partial charge in [-0.3, -0.25) is 25.0 Å². The van der Waals surface area contributed by atoms with Crippen molar-refractivity contribution in [1.82, 2.24) is 10.4 Å². The average molecular weight is 678 g/mol. The molecule has 6 atom stereocenters. The monoisotopic (exact) mass is 677 g/mol. The first-order chi connectivity index (χ1) is 23.6. The van der Waals surface area contributed by atoms with Crippen LogP contribution < -0.4 is 15.5 Å². The molecule has 6 rings (SSSR count). The summed E-state index contributed by atoms with van der Waals surface area (Å²) in [7, 11) is 0. The summed E-state index contributed by atoms with van der Waals surface area (Å²) in [5, 5.41) is 45.2. The largest absolute Gasteiger partial charge is 0.508 e. The van der Waals surface area contributed by atoms with Crippen LogP contribution in [0.4, 0.5) is 0 Å². The van der Waals surface area contributed by atoms with E-state index in [0.717, 1.165) is 5.57 Å². The molecular formula is C33H31N3O13. The highest BCUT2D eigenvalue weighted by molar-refractivity contribution is 5.98. The number of esters is 1. The first-order valence-electron chi connectivity index (χ1n) is 15.1. The van der Waals surface area contributed by atoms with Gasteiger partial charge in [-0.2, -0.15) is 0 Å². The Morgan fingerprint density at radius 1 is 1.14 bits per heavy atom. The number of aliphatic carboxylic acids is 1. The van der Waals surface area contributed by atoms with Gasteiger partial charge in [0, 0.05) is 30.8 Å². The fraction of sp³-hybridized carbons (Fsp3) is 0.303. The molecule has 256 valence electrons. The first-order valence-corrected chi connectivity index (χ1v) is 15.1. The lowest BCUT2D eigenvalue weighted by Gasteiger charge is -2.42. The maximum atomic E-state index is 13.3. The number of carboxylic acid groups (broad SMARTS) is 1. The molecule has 1 aromatic heterocycles. The van der Waals surface area contributed by atoms with Crippen LogP contribution >= 0.6 is 0 Å². The van der Waals surface area contributed by atoms with Crippen molar-refractivity contribution in [3.8, 4) is 22.6 Å². The van der Waals surface area contributed by atoms with Gasteiger partial charge in [0.25, 0.3) is 0 Å². The lowest BCUT2D eigenvalue weighted by Crippen LogP contribution is -2.62. The van der Waals surface area contributed by atoms with Crippen molar-refractivity contribution < 1.29 is 58.3 Å². The summed E-state index contributed by atoms with van der Waals surface area (Å²) in [5.41, 5.74) is 2.15. The Bertz CT molecular complexity index is 1890. The van der Waals surface area contributed by atoms with Crippen LogP contribution in [0.5, 0.6) is 11.5 Å². The second-order valence-electron chi connectivity index (χ2n) is 11.3. The number of aliphatic imine (C=N–C) groups is 1. The molecule has 2 aromatic carbocycles. The number of phenolic OH excluding ortho intramolecular Hbond substituents is 1. The van der Waals surface area contributed by atoms with Crippen LogP contribution in [0.1, 0.15) is 6.42 Å². The van der Waals surface area contributed by atoms with Crippen molar-refractivity contribution in [1.29, 1.82) is 0 Å². The number of rotatable bonds is 13. The molecule has 1 saturated heterocycles. The van der Waals surface area contributed by atoms with Gasteiger partial charge in [0.1, 0.15) is 54.6 Å². The van der Waals surface area contributed by atoms with E-state index in [1.165, 1.54) is 41.7 Å². The quantitative estimate of drug-likeness (QED) is 0.0724. The van der Waals surface area contributed by atoms with Gasteiger partial charge in [0.2, 0.25) is 12.3 Å². The Morgan fingerprint density at radius 3 is 2.67 bits per heavy atom. The number of phenols is 1. The summed E-state index contributed by atoms with van der Waals surface area (Å²) in [6.45, 7) is -0.490. The number of fused-ring (bicyclic) bond motifs is 2. The number of benzene rings is 2. The Labute approximate surface area is 277 Å². The fourth-order valence-electron chi connectivity index (χ4n) is 5.41. The van der Waals surface area contributed by atoms with E-state index in [0.29, 0.717) is 17.5 Å². The highest BCUT2D eigenvalue weighted by Crippen LogP contribution is 2.32. The number of nitrogens with one attached hydrogen (secondary N) is 1. The van der Waals surface area contributed by atoms with E-state index in [9.17, 15) is 39.6 Å². The van der Waals surface area contributed by atoms with E-state index >= 15 is 0 Å². The molecule has 5 N–H and O–H groups in total. The van der Waals surface area contributed by atoms with Gasteiger partial charge in [0.15, 0.2) is 11.5 Å². The number of hydrogen-bond acceptors (Lipinski definition) is 15. The number of aldehydes is 1. The number of aliphatic hydroxyl groups is 2. The first kappa shape index (κ1) is 33.5. The van der Waals surface area contributed by atoms with Crippen LogP contribution in [0.2, 0.25) is 0 Å². The Balaban J connectivity index is 1.22. The van der Waals surface area contributed by atoms with Gasteiger partial charge in [-0.15, -0.1) is 0 Å². The van der Waals surface area contributed by atoms with E-state index < -0.39 is 55.3 Å². The van der Waals surface area contributed by atoms with Gasteiger partial charge >= 0.3 is 11.9 Å². The highest BCUT2D eigenvalue weighted by atomic mass is 16.8. The second-order valence-corrected chi connectivity index (χ2v) is 11.3. The molecule has 0 saturated carbocycles. The van der Waals surface area contributed by atoms with Gasteiger partial charge in [0.05, 0.1) is 29.4 Å². The van der Waals surface area contributed by atoms with Crippen molar-refractivity contribution in [2.45, 2.75) is 43.2 Å². The number of nitrogens with zero attached hydrogens (tertiary/aromatic N) is 2. The summed E-state index contributed by atoms with van der Waals surface area (Å²) >= 11 is 0. The molecule has 0 amide bonds. The normalized spacial score (nSPS) is 23.5. The Morgan fingerprint density at radius 2 is 1.94 bits per heavy atom. The molecule has 16 heteroatoms.